The number of aromatic nitrogens is 2. The highest BCUT2D eigenvalue weighted by molar-refractivity contribution is 5.89. The standard InChI is InChI=1S/C34H41F3N4O5/c1-44-25-15-13-23(14-16-25)31(33(43)38-24-8-4-5-9-24)40(19-18-22-12-17-28(45-2)29(20-22)46-3)30(42)21-41-27-11-7-6-10-26(27)32(39-41)34(35,36)37/h12-17,20,24,31H,4-11,18-19,21H2,1-3H3,(H,38,43). The van der Waals surface area contributed by atoms with Crippen LogP contribution in [0, 0.1) is 0 Å². The molecule has 0 bridgehead atoms. The van der Waals surface area contributed by atoms with E-state index in [2.05, 4.69) is 10.4 Å². The molecule has 1 atom stereocenters. The average molecular weight is 643 g/mol. The molecule has 3 aromatic rings. The van der Waals surface area contributed by atoms with Crippen molar-refractivity contribution in [3.8, 4) is 17.2 Å². The zero-order chi connectivity index (χ0) is 32.8. The minimum atomic E-state index is -4.63. The first-order valence-electron chi connectivity index (χ1n) is 15.7. The maximum absolute atomic E-state index is 14.3. The van der Waals surface area contributed by atoms with E-state index in [1.165, 1.54) is 23.8 Å². The predicted octanol–water partition coefficient (Wildman–Crippen LogP) is 5.68. The number of methoxy groups -OCH3 is 3. The van der Waals surface area contributed by atoms with Gasteiger partial charge in [0.05, 0.1) is 21.3 Å². The van der Waals surface area contributed by atoms with Crippen molar-refractivity contribution in [3.05, 3.63) is 70.5 Å². The molecule has 1 fully saturated rings. The fourth-order valence-electron chi connectivity index (χ4n) is 6.54. The number of fused-ring (bicyclic) bond motifs is 1. The number of amides is 2. The maximum Gasteiger partial charge on any atom is 0.435 e. The van der Waals surface area contributed by atoms with Gasteiger partial charge in [-0.15, -0.1) is 0 Å². The monoisotopic (exact) mass is 642 g/mol. The molecule has 1 heterocycles. The van der Waals surface area contributed by atoms with Crippen molar-refractivity contribution in [2.75, 3.05) is 27.9 Å². The van der Waals surface area contributed by atoms with Crippen molar-refractivity contribution >= 4 is 11.8 Å². The molecular weight excluding hydrogens is 601 g/mol. The molecule has 12 heteroatoms. The van der Waals surface area contributed by atoms with Crippen molar-refractivity contribution in [1.29, 1.82) is 0 Å². The highest BCUT2D eigenvalue weighted by Gasteiger charge is 2.40. The summed E-state index contributed by atoms with van der Waals surface area (Å²) in [4.78, 5) is 29.9. The third-order valence-electron chi connectivity index (χ3n) is 8.91. The number of ether oxygens (including phenoxy) is 3. The number of carbonyl (C=O) groups is 2. The quantitative estimate of drug-likeness (QED) is 0.273. The lowest BCUT2D eigenvalue weighted by Gasteiger charge is -2.33. The van der Waals surface area contributed by atoms with Crippen LogP contribution in [0.4, 0.5) is 13.2 Å². The summed E-state index contributed by atoms with van der Waals surface area (Å²) in [5.74, 6) is 0.815. The van der Waals surface area contributed by atoms with Gasteiger partial charge in [0.2, 0.25) is 11.8 Å². The number of nitrogens with one attached hydrogen (secondary N) is 1. The molecule has 1 N–H and O–H groups in total. The Balaban J connectivity index is 1.52. The molecule has 0 saturated heterocycles. The Bertz CT molecular complexity index is 1520. The van der Waals surface area contributed by atoms with Crippen molar-refractivity contribution in [2.45, 2.75) is 82.6 Å². The maximum atomic E-state index is 14.3. The van der Waals surface area contributed by atoms with Crippen LogP contribution in [-0.2, 0) is 41.6 Å². The minimum absolute atomic E-state index is 0.0106. The summed E-state index contributed by atoms with van der Waals surface area (Å²) >= 11 is 0. The van der Waals surface area contributed by atoms with Gasteiger partial charge in [0.1, 0.15) is 18.3 Å². The topological polar surface area (TPSA) is 94.9 Å². The number of halogens is 3. The van der Waals surface area contributed by atoms with Gasteiger partial charge in [-0.1, -0.05) is 31.0 Å². The van der Waals surface area contributed by atoms with Gasteiger partial charge in [0, 0.05) is 23.8 Å². The highest BCUT2D eigenvalue weighted by atomic mass is 19.4. The third-order valence-corrected chi connectivity index (χ3v) is 8.91. The first-order chi connectivity index (χ1) is 22.1. The average Bonchev–Trinajstić information content (AvgIpc) is 3.71. The first-order valence-corrected chi connectivity index (χ1v) is 15.7. The Labute approximate surface area is 267 Å². The van der Waals surface area contributed by atoms with Gasteiger partial charge in [-0.05, 0) is 80.3 Å². The number of hydrogen-bond donors (Lipinski definition) is 1. The number of nitrogens with zero attached hydrogens (tertiary/aromatic N) is 3. The molecule has 248 valence electrons. The van der Waals surface area contributed by atoms with Crippen LogP contribution in [0.15, 0.2) is 42.5 Å². The molecule has 46 heavy (non-hydrogen) atoms. The summed E-state index contributed by atoms with van der Waals surface area (Å²) in [5.41, 5.74) is 1.06. The van der Waals surface area contributed by atoms with Gasteiger partial charge >= 0.3 is 6.18 Å². The SMILES string of the molecule is COc1ccc(C(C(=O)NC2CCCC2)N(CCc2ccc(OC)c(OC)c2)C(=O)Cn2nc(C(F)(F)F)c3c2CCCC3)cc1. The molecule has 5 rings (SSSR count). The van der Waals surface area contributed by atoms with Crippen LogP contribution in [-0.4, -0.2) is 60.4 Å². The summed E-state index contributed by atoms with van der Waals surface area (Å²) in [5, 5.41) is 7.06. The molecule has 2 aliphatic carbocycles. The molecule has 0 aliphatic heterocycles. The van der Waals surface area contributed by atoms with E-state index in [0.29, 0.717) is 54.2 Å². The van der Waals surface area contributed by atoms with E-state index in [1.807, 2.05) is 12.1 Å². The zero-order valence-electron chi connectivity index (χ0n) is 26.5. The van der Waals surface area contributed by atoms with Crippen LogP contribution < -0.4 is 19.5 Å². The molecule has 0 spiro atoms. The molecule has 2 aliphatic rings. The van der Waals surface area contributed by atoms with Crippen LogP contribution in [0.25, 0.3) is 0 Å². The minimum Gasteiger partial charge on any atom is -0.497 e. The molecular formula is C34H41F3N4O5. The van der Waals surface area contributed by atoms with Gasteiger partial charge in [0.25, 0.3) is 0 Å². The Kier molecular flexibility index (Phi) is 10.4. The van der Waals surface area contributed by atoms with Crippen LogP contribution in [0.5, 0.6) is 17.2 Å². The van der Waals surface area contributed by atoms with E-state index in [9.17, 15) is 22.8 Å². The lowest BCUT2D eigenvalue weighted by Crippen LogP contribution is -2.47. The lowest BCUT2D eigenvalue weighted by atomic mass is 9.95. The number of rotatable bonds is 12. The Morgan fingerprint density at radius 3 is 2.30 bits per heavy atom. The Hall–Kier alpha value is -4.22. The largest absolute Gasteiger partial charge is 0.497 e. The van der Waals surface area contributed by atoms with Gasteiger partial charge in [0.15, 0.2) is 17.2 Å². The van der Waals surface area contributed by atoms with Gasteiger partial charge in [-0.25, -0.2) is 0 Å². The second-order valence-corrected chi connectivity index (χ2v) is 11.8. The molecule has 0 radical (unpaired) electrons. The van der Waals surface area contributed by atoms with Crippen LogP contribution in [0.3, 0.4) is 0 Å². The smallest absolute Gasteiger partial charge is 0.435 e. The molecule has 2 amide bonds. The summed E-state index contributed by atoms with van der Waals surface area (Å²) in [6, 6.07) is 11.3. The lowest BCUT2D eigenvalue weighted by molar-refractivity contribution is -0.143. The second-order valence-electron chi connectivity index (χ2n) is 11.8. The van der Waals surface area contributed by atoms with Crippen molar-refractivity contribution < 1.29 is 37.0 Å². The van der Waals surface area contributed by atoms with E-state index in [-0.39, 0.29) is 30.5 Å². The summed E-state index contributed by atoms with van der Waals surface area (Å²) in [6.07, 6.45) is 1.44. The zero-order valence-corrected chi connectivity index (χ0v) is 26.5. The number of carbonyl (C=O) groups excluding carboxylic acids is 2. The summed E-state index contributed by atoms with van der Waals surface area (Å²) < 4.78 is 59.2. The van der Waals surface area contributed by atoms with E-state index in [1.54, 1.807) is 37.4 Å². The molecule has 1 aromatic heterocycles. The van der Waals surface area contributed by atoms with E-state index >= 15 is 0 Å². The molecule has 9 nitrogen and oxygen atoms in total. The Morgan fingerprint density at radius 2 is 1.65 bits per heavy atom. The van der Waals surface area contributed by atoms with E-state index in [0.717, 1.165) is 31.2 Å². The number of alkyl halides is 3. The van der Waals surface area contributed by atoms with Gasteiger partial charge < -0.3 is 24.4 Å². The highest BCUT2D eigenvalue weighted by Crippen LogP contribution is 2.36. The fourth-order valence-corrected chi connectivity index (χ4v) is 6.54. The summed E-state index contributed by atoms with van der Waals surface area (Å²) in [6.45, 7) is -0.313. The van der Waals surface area contributed by atoms with Crippen LogP contribution >= 0.6 is 0 Å². The van der Waals surface area contributed by atoms with Crippen LogP contribution in [0.1, 0.15) is 72.6 Å². The van der Waals surface area contributed by atoms with Crippen molar-refractivity contribution in [1.82, 2.24) is 20.0 Å². The summed E-state index contributed by atoms with van der Waals surface area (Å²) in [7, 11) is 4.61. The second kappa shape index (κ2) is 14.5. The van der Waals surface area contributed by atoms with Crippen molar-refractivity contribution in [3.63, 3.8) is 0 Å². The van der Waals surface area contributed by atoms with Crippen molar-refractivity contribution in [2.24, 2.45) is 0 Å². The Morgan fingerprint density at radius 1 is 0.957 bits per heavy atom. The number of hydrogen-bond acceptors (Lipinski definition) is 6. The molecule has 1 unspecified atom stereocenters. The predicted molar refractivity (Wildman–Crippen MR) is 165 cm³/mol. The fraction of sp³-hybridized carbons (Fsp3) is 0.500. The van der Waals surface area contributed by atoms with E-state index < -0.39 is 30.4 Å². The third kappa shape index (κ3) is 7.42. The molecule has 2 aromatic carbocycles. The van der Waals surface area contributed by atoms with E-state index in [4.69, 9.17) is 14.2 Å². The normalized spacial score (nSPS) is 15.6. The molecule has 1 saturated carbocycles. The van der Waals surface area contributed by atoms with Gasteiger partial charge in [-0.3, -0.25) is 14.3 Å². The number of benzene rings is 2. The van der Waals surface area contributed by atoms with Crippen LogP contribution in [0.2, 0.25) is 0 Å². The first kappa shape index (κ1) is 33.2. The van der Waals surface area contributed by atoms with Gasteiger partial charge in [-0.2, -0.15) is 18.3 Å².